The van der Waals surface area contributed by atoms with E-state index >= 15 is 0 Å². The molecule has 0 spiro atoms. The lowest BCUT2D eigenvalue weighted by Crippen LogP contribution is -2.35. The van der Waals surface area contributed by atoms with Gasteiger partial charge in [0.1, 0.15) is 0 Å². The second-order valence-electron chi connectivity index (χ2n) is 3.33. The third-order valence-corrected chi connectivity index (χ3v) is 3.20. The Hall–Kier alpha value is -0.200. The van der Waals surface area contributed by atoms with Crippen LogP contribution in [0.5, 0.6) is 0 Å². The first kappa shape index (κ1) is 9.88. The van der Waals surface area contributed by atoms with E-state index in [2.05, 4.69) is 11.4 Å². The maximum atomic E-state index is 8.57. The quantitative estimate of drug-likeness (QED) is 0.724. The number of nitriles is 1. The summed E-state index contributed by atoms with van der Waals surface area (Å²) in [7, 11) is 0. The highest BCUT2D eigenvalue weighted by atomic mass is 32.2. The predicted molar refractivity (Wildman–Crippen MR) is 53.1 cm³/mol. The van der Waals surface area contributed by atoms with Crippen molar-refractivity contribution < 1.29 is 0 Å². The fourth-order valence-corrected chi connectivity index (χ4v) is 2.40. The Bertz CT molecular complexity index is 158. The third kappa shape index (κ3) is 3.46. The summed E-state index contributed by atoms with van der Waals surface area (Å²) in [4.78, 5) is 0. The van der Waals surface area contributed by atoms with Gasteiger partial charge in [-0.25, -0.2) is 0 Å². The van der Waals surface area contributed by atoms with Crippen molar-refractivity contribution in [3.8, 4) is 6.07 Å². The van der Waals surface area contributed by atoms with Gasteiger partial charge in [0.15, 0.2) is 0 Å². The minimum absolute atomic E-state index is 0.152. The van der Waals surface area contributed by atoms with Crippen LogP contribution in [0.25, 0.3) is 0 Å². The lowest BCUT2D eigenvalue weighted by atomic mass is 10.1. The molecule has 0 saturated carbocycles. The van der Waals surface area contributed by atoms with Crippen LogP contribution in [0.4, 0.5) is 0 Å². The summed E-state index contributed by atoms with van der Waals surface area (Å²) < 4.78 is 0. The van der Waals surface area contributed by atoms with Crippen molar-refractivity contribution in [3.63, 3.8) is 0 Å². The highest BCUT2D eigenvalue weighted by molar-refractivity contribution is 7.99. The van der Waals surface area contributed by atoms with Crippen molar-refractivity contribution in [1.82, 2.24) is 5.32 Å². The molecule has 0 radical (unpaired) electrons. The monoisotopic (exact) mass is 184 g/mol. The molecule has 1 N–H and O–H groups in total. The van der Waals surface area contributed by atoms with E-state index in [0.29, 0.717) is 6.04 Å². The van der Waals surface area contributed by atoms with E-state index in [1.165, 1.54) is 24.3 Å². The summed E-state index contributed by atoms with van der Waals surface area (Å²) in [6.45, 7) is 2.82. The van der Waals surface area contributed by atoms with E-state index in [4.69, 9.17) is 5.26 Å². The number of rotatable bonds is 3. The normalized spacial score (nSPS) is 21.7. The first-order chi connectivity index (χ1) is 5.83. The molecule has 12 heavy (non-hydrogen) atoms. The molecular weight excluding hydrogens is 168 g/mol. The van der Waals surface area contributed by atoms with Gasteiger partial charge in [-0.05, 0) is 31.3 Å². The van der Waals surface area contributed by atoms with Crippen LogP contribution in [-0.2, 0) is 0 Å². The maximum absolute atomic E-state index is 8.57. The van der Waals surface area contributed by atoms with Crippen LogP contribution in [-0.4, -0.2) is 24.1 Å². The first-order valence-electron chi connectivity index (χ1n) is 4.53. The number of thioether (sulfide) groups is 1. The van der Waals surface area contributed by atoms with E-state index in [1.807, 2.05) is 18.7 Å². The van der Waals surface area contributed by atoms with Gasteiger partial charge in [0.25, 0.3) is 0 Å². The number of hydrogen-bond acceptors (Lipinski definition) is 3. The average molecular weight is 184 g/mol. The van der Waals surface area contributed by atoms with Crippen molar-refractivity contribution in [2.24, 2.45) is 5.92 Å². The molecule has 0 bridgehead atoms. The standard InChI is InChI=1S/C9H16N2S/c1-8(6-10)7-11-9-2-4-12-5-3-9/h8-9,11H,2-5,7H2,1H3. The lowest BCUT2D eigenvalue weighted by Gasteiger charge is -2.22. The largest absolute Gasteiger partial charge is 0.313 e. The minimum atomic E-state index is 0.152. The molecule has 1 fully saturated rings. The minimum Gasteiger partial charge on any atom is -0.313 e. The van der Waals surface area contributed by atoms with Crippen molar-refractivity contribution in [2.75, 3.05) is 18.1 Å². The topological polar surface area (TPSA) is 35.8 Å². The van der Waals surface area contributed by atoms with E-state index in [1.54, 1.807) is 0 Å². The van der Waals surface area contributed by atoms with Crippen LogP contribution in [0, 0.1) is 17.2 Å². The van der Waals surface area contributed by atoms with Crippen molar-refractivity contribution >= 4 is 11.8 Å². The van der Waals surface area contributed by atoms with Crippen molar-refractivity contribution in [3.05, 3.63) is 0 Å². The zero-order valence-electron chi connectivity index (χ0n) is 7.55. The molecule has 1 saturated heterocycles. The Labute approximate surface area is 78.7 Å². The molecule has 0 amide bonds. The summed E-state index contributed by atoms with van der Waals surface area (Å²) in [6, 6.07) is 2.91. The van der Waals surface area contributed by atoms with Gasteiger partial charge in [-0.3, -0.25) is 0 Å². The molecule has 0 aromatic carbocycles. The smallest absolute Gasteiger partial charge is 0.0666 e. The Kier molecular flexibility index (Phi) is 4.49. The van der Waals surface area contributed by atoms with Gasteiger partial charge in [0.2, 0.25) is 0 Å². The summed E-state index contributed by atoms with van der Waals surface area (Å²) in [6.07, 6.45) is 2.53. The highest BCUT2D eigenvalue weighted by Gasteiger charge is 2.13. The Morgan fingerprint density at radius 3 is 2.83 bits per heavy atom. The van der Waals surface area contributed by atoms with Crippen LogP contribution in [0.3, 0.4) is 0 Å². The molecular formula is C9H16N2S. The van der Waals surface area contributed by atoms with E-state index < -0.39 is 0 Å². The highest BCUT2D eigenvalue weighted by Crippen LogP contribution is 2.16. The Balaban J connectivity index is 2.10. The summed E-state index contributed by atoms with van der Waals surface area (Å²) in [5.41, 5.74) is 0. The molecule has 1 atom stereocenters. The number of nitrogens with one attached hydrogen (secondary N) is 1. The van der Waals surface area contributed by atoms with Crippen LogP contribution >= 0.6 is 11.8 Å². The summed E-state index contributed by atoms with van der Waals surface area (Å²) >= 11 is 2.03. The summed E-state index contributed by atoms with van der Waals surface area (Å²) in [5, 5.41) is 12.0. The van der Waals surface area contributed by atoms with E-state index in [9.17, 15) is 0 Å². The van der Waals surface area contributed by atoms with Gasteiger partial charge in [0.05, 0.1) is 12.0 Å². The Morgan fingerprint density at radius 2 is 2.25 bits per heavy atom. The summed E-state index contributed by atoms with van der Waals surface area (Å²) in [5.74, 6) is 2.71. The van der Waals surface area contributed by atoms with Gasteiger partial charge in [0, 0.05) is 12.6 Å². The van der Waals surface area contributed by atoms with Crippen LogP contribution < -0.4 is 5.32 Å². The molecule has 1 unspecified atom stereocenters. The number of nitrogens with zero attached hydrogens (tertiary/aromatic N) is 1. The van der Waals surface area contributed by atoms with E-state index in [-0.39, 0.29) is 5.92 Å². The van der Waals surface area contributed by atoms with Gasteiger partial charge in [-0.1, -0.05) is 0 Å². The predicted octanol–water partition coefficient (Wildman–Crippen LogP) is 1.63. The lowest BCUT2D eigenvalue weighted by molar-refractivity contribution is 0.460. The average Bonchev–Trinajstić information content (AvgIpc) is 2.16. The van der Waals surface area contributed by atoms with Gasteiger partial charge >= 0.3 is 0 Å². The van der Waals surface area contributed by atoms with E-state index in [0.717, 1.165) is 6.54 Å². The molecule has 1 aliphatic rings. The molecule has 0 aromatic heterocycles. The molecule has 1 rings (SSSR count). The fourth-order valence-electron chi connectivity index (χ4n) is 1.29. The molecule has 1 aliphatic heterocycles. The Morgan fingerprint density at radius 1 is 1.58 bits per heavy atom. The van der Waals surface area contributed by atoms with Crippen LogP contribution in [0.1, 0.15) is 19.8 Å². The van der Waals surface area contributed by atoms with Crippen molar-refractivity contribution in [1.29, 1.82) is 5.26 Å². The third-order valence-electron chi connectivity index (χ3n) is 2.15. The maximum Gasteiger partial charge on any atom is 0.0666 e. The second kappa shape index (κ2) is 5.45. The second-order valence-corrected chi connectivity index (χ2v) is 4.55. The van der Waals surface area contributed by atoms with Crippen LogP contribution in [0.2, 0.25) is 0 Å². The first-order valence-corrected chi connectivity index (χ1v) is 5.69. The molecule has 68 valence electrons. The molecule has 1 heterocycles. The molecule has 2 nitrogen and oxygen atoms in total. The SMILES string of the molecule is CC(C#N)CNC1CCSCC1. The number of hydrogen-bond donors (Lipinski definition) is 1. The van der Waals surface area contributed by atoms with Gasteiger partial charge < -0.3 is 5.32 Å². The molecule has 0 aliphatic carbocycles. The fraction of sp³-hybridized carbons (Fsp3) is 0.889. The zero-order chi connectivity index (χ0) is 8.81. The molecule has 0 aromatic rings. The molecule has 3 heteroatoms. The van der Waals surface area contributed by atoms with Crippen LogP contribution in [0.15, 0.2) is 0 Å². The van der Waals surface area contributed by atoms with Crippen molar-refractivity contribution in [2.45, 2.75) is 25.8 Å². The van der Waals surface area contributed by atoms with Gasteiger partial charge in [-0.2, -0.15) is 17.0 Å². The zero-order valence-corrected chi connectivity index (χ0v) is 8.36. The van der Waals surface area contributed by atoms with Gasteiger partial charge in [-0.15, -0.1) is 0 Å².